The predicted molar refractivity (Wildman–Crippen MR) is 73.3 cm³/mol. The standard InChI is InChI=1S/C13H8N4O4/c14-16-15-12-4-2-1-3-11(12)13(18)21-10-7-5-9(6-8-10)17(19)20/h1-8H. The van der Waals surface area contributed by atoms with Gasteiger partial charge in [0.15, 0.2) is 0 Å². The fourth-order valence-electron chi connectivity index (χ4n) is 1.58. The van der Waals surface area contributed by atoms with E-state index in [4.69, 9.17) is 10.3 Å². The third-order valence-corrected chi connectivity index (χ3v) is 2.53. The number of non-ortho nitro benzene ring substituents is 1. The molecule has 8 nitrogen and oxygen atoms in total. The second kappa shape index (κ2) is 6.18. The normalized spacial score (nSPS) is 9.52. The molecule has 0 aliphatic carbocycles. The van der Waals surface area contributed by atoms with Gasteiger partial charge in [-0.15, -0.1) is 0 Å². The SMILES string of the molecule is [N-]=[N+]=Nc1ccccc1C(=O)Oc1ccc([N+](=O)[O-])cc1. The maximum Gasteiger partial charge on any atom is 0.343 e. The molecule has 2 rings (SSSR count). The minimum Gasteiger partial charge on any atom is -0.423 e. The summed E-state index contributed by atoms with van der Waals surface area (Å²) >= 11 is 0. The first-order valence-electron chi connectivity index (χ1n) is 5.72. The van der Waals surface area contributed by atoms with Crippen LogP contribution in [0.25, 0.3) is 10.4 Å². The van der Waals surface area contributed by atoms with E-state index in [2.05, 4.69) is 10.0 Å². The van der Waals surface area contributed by atoms with Crippen LogP contribution < -0.4 is 4.74 Å². The first-order valence-corrected chi connectivity index (χ1v) is 5.72. The number of nitrogens with zero attached hydrogens (tertiary/aromatic N) is 4. The van der Waals surface area contributed by atoms with E-state index in [0.29, 0.717) is 0 Å². The van der Waals surface area contributed by atoms with Crippen molar-refractivity contribution in [2.45, 2.75) is 0 Å². The molecular formula is C13H8N4O4. The fraction of sp³-hybridized carbons (Fsp3) is 0. The molecule has 21 heavy (non-hydrogen) atoms. The van der Waals surface area contributed by atoms with Crippen LogP contribution in [0, 0.1) is 10.1 Å². The van der Waals surface area contributed by atoms with Crippen LogP contribution >= 0.6 is 0 Å². The Labute approximate surface area is 118 Å². The fourth-order valence-corrected chi connectivity index (χ4v) is 1.58. The molecule has 0 aromatic heterocycles. The van der Waals surface area contributed by atoms with Gasteiger partial charge in [0.1, 0.15) is 5.75 Å². The summed E-state index contributed by atoms with van der Waals surface area (Å²) < 4.78 is 5.08. The van der Waals surface area contributed by atoms with E-state index in [-0.39, 0.29) is 22.7 Å². The summed E-state index contributed by atoms with van der Waals surface area (Å²) in [6.07, 6.45) is 0. The van der Waals surface area contributed by atoms with E-state index in [9.17, 15) is 14.9 Å². The maximum absolute atomic E-state index is 12.0. The molecule has 0 aliphatic heterocycles. The molecule has 0 bridgehead atoms. The van der Waals surface area contributed by atoms with Crippen molar-refractivity contribution in [3.63, 3.8) is 0 Å². The molecule has 104 valence electrons. The lowest BCUT2D eigenvalue weighted by atomic mass is 10.2. The van der Waals surface area contributed by atoms with Gasteiger partial charge in [0.05, 0.1) is 16.2 Å². The summed E-state index contributed by atoms with van der Waals surface area (Å²) in [5.74, 6) is -0.562. The van der Waals surface area contributed by atoms with E-state index in [1.807, 2.05) is 0 Å². The van der Waals surface area contributed by atoms with E-state index < -0.39 is 10.9 Å². The minimum atomic E-state index is -0.716. The highest BCUT2D eigenvalue weighted by Crippen LogP contribution is 2.22. The maximum atomic E-state index is 12.0. The molecule has 0 saturated heterocycles. The Morgan fingerprint density at radius 3 is 2.48 bits per heavy atom. The molecule has 0 saturated carbocycles. The largest absolute Gasteiger partial charge is 0.423 e. The zero-order valence-electron chi connectivity index (χ0n) is 10.5. The third kappa shape index (κ3) is 3.34. The van der Waals surface area contributed by atoms with Gasteiger partial charge in [0.25, 0.3) is 5.69 Å². The van der Waals surface area contributed by atoms with Crippen molar-refractivity contribution in [3.05, 3.63) is 74.7 Å². The first kappa shape index (κ1) is 14.0. The topological polar surface area (TPSA) is 118 Å². The smallest absolute Gasteiger partial charge is 0.343 e. The molecule has 0 unspecified atom stereocenters. The Morgan fingerprint density at radius 1 is 1.19 bits per heavy atom. The summed E-state index contributed by atoms with van der Waals surface area (Å²) in [5, 5.41) is 13.9. The number of ether oxygens (including phenoxy) is 1. The molecule has 0 fully saturated rings. The average Bonchev–Trinajstić information content (AvgIpc) is 2.48. The summed E-state index contributed by atoms with van der Waals surface area (Å²) in [7, 11) is 0. The monoisotopic (exact) mass is 284 g/mol. The number of carbonyl (C=O) groups is 1. The number of nitro benzene ring substituents is 1. The lowest BCUT2D eigenvalue weighted by Gasteiger charge is -2.05. The average molecular weight is 284 g/mol. The third-order valence-electron chi connectivity index (χ3n) is 2.53. The lowest BCUT2D eigenvalue weighted by molar-refractivity contribution is -0.384. The van der Waals surface area contributed by atoms with Crippen molar-refractivity contribution in [1.82, 2.24) is 0 Å². The summed E-state index contributed by atoms with van der Waals surface area (Å²) in [5.41, 5.74) is 8.58. The van der Waals surface area contributed by atoms with E-state index in [1.165, 1.54) is 36.4 Å². The molecule has 0 amide bonds. The molecule has 0 N–H and O–H groups in total. The number of carbonyl (C=O) groups excluding carboxylic acids is 1. The molecule has 0 heterocycles. The second-order valence-electron chi connectivity index (χ2n) is 3.85. The molecule has 0 radical (unpaired) electrons. The van der Waals surface area contributed by atoms with Crippen molar-refractivity contribution in [2.24, 2.45) is 5.11 Å². The lowest BCUT2D eigenvalue weighted by Crippen LogP contribution is -2.08. The quantitative estimate of drug-likeness (QED) is 0.161. The predicted octanol–water partition coefficient (Wildman–Crippen LogP) is 3.76. The zero-order valence-corrected chi connectivity index (χ0v) is 10.5. The van der Waals surface area contributed by atoms with Crippen LogP contribution in [0.1, 0.15) is 10.4 Å². The summed E-state index contributed by atoms with van der Waals surface area (Å²) in [6.45, 7) is 0. The van der Waals surface area contributed by atoms with E-state index in [1.54, 1.807) is 12.1 Å². The van der Waals surface area contributed by atoms with Crippen LogP contribution in [0.5, 0.6) is 5.75 Å². The first-order chi connectivity index (χ1) is 10.1. The van der Waals surface area contributed by atoms with E-state index >= 15 is 0 Å². The van der Waals surface area contributed by atoms with Crippen LogP contribution in [0.3, 0.4) is 0 Å². The van der Waals surface area contributed by atoms with Crippen LogP contribution in [0.4, 0.5) is 11.4 Å². The molecule has 0 spiro atoms. The number of benzene rings is 2. The van der Waals surface area contributed by atoms with Crippen LogP contribution in [-0.2, 0) is 0 Å². The van der Waals surface area contributed by atoms with Crippen LogP contribution in [0.15, 0.2) is 53.6 Å². The second-order valence-corrected chi connectivity index (χ2v) is 3.85. The Kier molecular flexibility index (Phi) is 4.13. The Bertz CT molecular complexity index is 736. The highest BCUT2D eigenvalue weighted by Gasteiger charge is 2.13. The number of rotatable bonds is 4. The Morgan fingerprint density at radius 2 is 1.86 bits per heavy atom. The summed E-state index contributed by atoms with van der Waals surface area (Å²) in [4.78, 5) is 24.6. The van der Waals surface area contributed by atoms with Gasteiger partial charge < -0.3 is 4.74 Å². The summed E-state index contributed by atoms with van der Waals surface area (Å²) in [6, 6.07) is 11.2. The van der Waals surface area contributed by atoms with Gasteiger partial charge in [0, 0.05) is 17.0 Å². The van der Waals surface area contributed by atoms with Crippen molar-refractivity contribution in [2.75, 3.05) is 0 Å². The number of esters is 1. The molecule has 0 atom stereocenters. The van der Waals surface area contributed by atoms with Crippen molar-refractivity contribution < 1.29 is 14.5 Å². The highest BCUT2D eigenvalue weighted by atomic mass is 16.6. The van der Waals surface area contributed by atoms with Crippen LogP contribution in [-0.4, -0.2) is 10.9 Å². The minimum absolute atomic E-state index is 0.105. The van der Waals surface area contributed by atoms with Crippen LogP contribution in [0.2, 0.25) is 0 Å². The van der Waals surface area contributed by atoms with Gasteiger partial charge in [-0.1, -0.05) is 23.3 Å². The van der Waals surface area contributed by atoms with Gasteiger partial charge in [-0.05, 0) is 23.7 Å². The van der Waals surface area contributed by atoms with Gasteiger partial charge in [-0.2, -0.15) is 0 Å². The Hall–Kier alpha value is -3.38. The number of azide groups is 1. The van der Waals surface area contributed by atoms with Gasteiger partial charge in [-0.3, -0.25) is 10.1 Å². The van der Waals surface area contributed by atoms with Gasteiger partial charge in [-0.25, -0.2) is 4.79 Å². The number of hydrogen-bond acceptors (Lipinski definition) is 5. The molecule has 8 heteroatoms. The van der Waals surface area contributed by atoms with Gasteiger partial charge >= 0.3 is 5.97 Å². The highest BCUT2D eigenvalue weighted by molar-refractivity contribution is 5.96. The zero-order chi connectivity index (χ0) is 15.2. The number of nitro groups is 1. The van der Waals surface area contributed by atoms with Crippen molar-refractivity contribution in [1.29, 1.82) is 0 Å². The van der Waals surface area contributed by atoms with Crippen molar-refractivity contribution >= 4 is 17.3 Å². The Balaban J connectivity index is 2.22. The van der Waals surface area contributed by atoms with E-state index in [0.717, 1.165) is 0 Å². The molecule has 2 aromatic carbocycles. The molecule has 2 aromatic rings. The van der Waals surface area contributed by atoms with Gasteiger partial charge in [0.2, 0.25) is 0 Å². The molecule has 0 aliphatic rings. The molecular weight excluding hydrogens is 276 g/mol. The van der Waals surface area contributed by atoms with Crippen molar-refractivity contribution in [3.8, 4) is 5.75 Å². The number of hydrogen-bond donors (Lipinski definition) is 0.